The minimum atomic E-state index is -0.332. The zero-order valence-electron chi connectivity index (χ0n) is 16.6. The van der Waals surface area contributed by atoms with Crippen LogP contribution in [0.5, 0.6) is 5.75 Å². The number of hydrogen-bond donors (Lipinski definition) is 1. The van der Waals surface area contributed by atoms with Crippen molar-refractivity contribution >= 4 is 21.6 Å². The van der Waals surface area contributed by atoms with Gasteiger partial charge in [-0.3, -0.25) is 14.2 Å². The summed E-state index contributed by atoms with van der Waals surface area (Å²) in [6, 6.07) is 7.50. The molecule has 0 unspecified atom stereocenters. The van der Waals surface area contributed by atoms with Crippen LogP contribution in [0, 0.1) is 12.7 Å². The summed E-state index contributed by atoms with van der Waals surface area (Å²) < 4.78 is 20.2. The smallest absolute Gasteiger partial charge is 0.263 e. The number of nitrogens with zero attached hydrogens (tertiary/aromatic N) is 2. The SMILES string of the molecule is CCCOc1c[nH]c(Cn2cnc3sc(C)c(-c4ccc(F)cc4)c3c2=O)cc1=O. The third-order valence-electron chi connectivity index (χ3n) is 4.73. The third-order valence-corrected chi connectivity index (χ3v) is 5.74. The van der Waals surface area contributed by atoms with Crippen LogP contribution in [0.2, 0.25) is 0 Å². The molecule has 4 aromatic rings. The van der Waals surface area contributed by atoms with Crippen LogP contribution in [0.15, 0.2) is 52.4 Å². The Bertz CT molecular complexity index is 1320. The number of rotatable bonds is 6. The highest BCUT2D eigenvalue weighted by Gasteiger charge is 2.17. The molecule has 0 amide bonds. The Morgan fingerprint density at radius 2 is 2.00 bits per heavy atom. The number of pyridine rings is 1. The van der Waals surface area contributed by atoms with E-state index in [0.29, 0.717) is 22.5 Å². The number of nitrogens with one attached hydrogen (secondary N) is 1. The number of aromatic nitrogens is 3. The second-order valence-corrected chi connectivity index (χ2v) is 8.14. The molecular weight excluding hydrogens is 405 g/mol. The molecule has 6 nitrogen and oxygen atoms in total. The topological polar surface area (TPSA) is 77.0 Å². The lowest BCUT2D eigenvalue weighted by Gasteiger charge is -2.08. The van der Waals surface area contributed by atoms with Crippen molar-refractivity contribution in [2.45, 2.75) is 26.8 Å². The lowest BCUT2D eigenvalue weighted by atomic mass is 10.0. The number of hydrogen-bond acceptors (Lipinski definition) is 5. The van der Waals surface area contributed by atoms with Crippen LogP contribution < -0.4 is 15.7 Å². The molecule has 0 radical (unpaired) electrons. The minimum Gasteiger partial charge on any atom is -0.488 e. The van der Waals surface area contributed by atoms with Gasteiger partial charge in [-0.1, -0.05) is 19.1 Å². The fourth-order valence-corrected chi connectivity index (χ4v) is 4.32. The Morgan fingerprint density at radius 3 is 2.70 bits per heavy atom. The van der Waals surface area contributed by atoms with Gasteiger partial charge in [0.2, 0.25) is 5.43 Å². The first-order valence-corrected chi connectivity index (χ1v) is 10.4. The van der Waals surface area contributed by atoms with Crippen molar-refractivity contribution < 1.29 is 9.13 Å². The zero-order chi connectivity index (χ0) is 21.3. The average molecular weight is 425 g/mol. The van der Waals surface area contributed by atoms with Gasteiger partial charge in [-0.2, -0.15) is 0 Å². The number of benzene rings is 1. The molecule has 0 aliphatic heterocycles. The second-order valence-electron chi connectivity index (χ2n) is 6.93. The minimum absolute atomic E-state index is 0.169. The summed E-state index contributed by atoms with van der Waals surface area (Å²) in [5.74, 6) is -0.0737. The van der Waals surface area contributed by atoms with Crippen LogP contribution in [-0.4, -0.2) is 21.1 Å². The number of thiophene rings is 1. The Labute approximate surface area is 175 Å². The first kappa shape index (κ1) is 20.0. The lowest BCUT2D eigenvalue weighted by molar-refractivity contribution is 0.313. The Balaban J connectivity index is 1.74. The van der Waals surface area contributed by atoms with Crippen molar-refractivity contribution in [3.05, 3.63) is 79.8 Å². The van der Waals surface area contributed by atoms with Crippen LogP contribution in [0.3, 0.4) is 0 Å². The lowest BCUT2D eigenvalue weighted by Crippen LogP contribution is -2.22. The van der Waals surface area contributed by atoms with Crippen molar-refractivity contribution in [2.24, 2.45) is 0 Å². The second kappa shape index (κ2) is 8.23. The summed E-state index contributed by atoms with van der Waals surface area (Å²) in [5.41, 5.74) is 1.65. The highest BCUT2D eigenvalue weighted by Crippen LogP contribution is 2.35. The van der Waals surface area contributed by atoms with Crippen LogP contribution in [-0.2, 0) is 6.54 Å². The highest BCUT2D eigenvalue weighted by molar-refractivity contribution is 7.19. The molecule has 0 atom stereocenters. The van der Waals surface area contributed by atoms with Gasteiger partial charge >= 0.3 is 0 Å². The summed E-state index contributed by atoms with van der Waals surface area (Å²) in [4.78, 5) is 34.5. The highest BCUT2D eigenvalue weighted by atomic mass is 32.1. The standard InChI is InChI=1S/C22H20FN3O3S/c1-3-8-29-18-10-24-16(9-17(18)27)11-26-12-25-21-20(22(26)28)19(13(2)30-21)14-4-6-15(23)7-5-14/h4-7,9-10,12H,3,8,11H2,1-2H3,(H,24,27). The first-order valence-electron chi connectivity index (χ1n) is 9.56. The van der Waals surface area contributed by atoms with Gasteiger partial charge in [0, 0.05) is 28.4 Å². The van der Waals surface area contributed by atoms with E-state index in [1.54, 1.807) is 12.1 Å². The van der Waals surface area contributed by atoms with Crippen molar-refractivity contribution in [2.75, 3.05) is 6.61 Å². The quantitative estimate of drug-likeness (QED) is 0.505. The molecule has 0 saturated heterocycles. The number of ether oxygens (including phenoxy) is 1. The zero-order valence-corrected chi connectivity index (χ0v) is 17.4. The summed E-state index contributed by atoms with van der Waals surface area (Å²) in [6.07, 6.45) is 3.80. The van der Waals surface area contributed by atoms with Crippen LogP contribution in [0.25, 0.3) is 21.3 Å². The molecule has 4 rings (SSSR count). The molecule has 1 N–H and O–H groups in total. The van der Waals surface area contributed by atoms with Gasteiger partial charge in [0.05, 0.1) is 24.9 Å². The number of aryl methyl sites for hydroxylation is 1. The summed E-state index contributed by atoms with van der Waals surface area (Å²) in [6.45, 7) is 4.51. The molecule has 0 saturated carbocycles. The third kappa shape index (κ3) is 3.78. The van der Waals surface area contributed by atoms with E-state index >= 15 is 0 Å². The molecule has 30 heavy (non-hydrogen) atoms. The van der Waals surface area contributed by atoms with Crippen molar-refractivity contribution in [1.82, 2.24) is 14.5 Å². The molecule has 0 aliphatic carbocycles. The Hall–Kier alpha value is -3.26. The normalized spacial score (nSPS) is 11.2. The molecule has 0 spiro atoms. The van der Waals surface area contributed by atoms with Crippen molar-refractivity contribution in [1.29, 1.82) is 0 Å². The Kier molecular flexibility index (Phi) is 5.50. The van der Waals surface area contributed by atoms with E-state index in [-0.39, 0.29) is 29.1 Å². The van der Waals surface area contributed by atoms with E-state index in [1.807, 2.05) is 13.8 Å². The van der Waals surface area contributed by atoms with Gasteiger partial charge in [-0.25, -0.2) is 9.37 Å². The predicted molar refractivity (Wildman–Crippen MR) is 116 cm³/mol. The maximum absolute atomic E-state index is 13.3. The monoisotopic (exact) mass is 425 g/mol. The average Bonchev–Trinajstić information content (AvgIpc) is 3.07. The van der Waals surface area contributed by atoms with Gasteiger partial charge in [-0.05, 0) is 31.0 Å². The molecule has 0 aliphatic rings. The summed E-state index contributed by atoms with van der Waals surface area (Å²) in [7, 11) is 0. The molecular formula is C22H20FN3O3S. The van der Waals surface area contributed by atoms with E-state index in [0.717, 1.165) is 22.4 Å². The van der Waals surface area contributed by atoms with E-state index < -0.39 is 0 Å². The van der Waals surface area contributed by atoms with Gasteiger partial charge in [0.1, 0.15) is 10.6 Å². The van der Waals surface area contributed by atoms with E-state index in [2.05, 4.69) is 9.97 Å². The van der Waals surface area contributed by atoms with E-state index in [9.17, 15) is 14.0 Å². The fourth-order valence-electron chi connectivity index (χ4n) is 3.31. The molecule has 0 bridgehead atoms. The maximum atomic E-state index is 13.3. The molecule has 3 aromatic heterocycles. The number of fused-ring (bicyclic) bond motifs is 1. The Morgan fingerprint density at radius 1 is 1.23 bits per heavy atom. The van der Waals surface area contributed by atoms with Gasteiger partial charge in [-0.15, -0.1) is 11.3 Å². The summed E-state index contributed by atoms with van der Waals surface area (Å²) in [5, 5.41) is 0.497. The molecule has 0 fully saturated rings. The summed E-state index contributed by atoms with van der Waals surface area (Å²) >= 11 is 1.43. The van der Waals surface area contributed by atoms with Crippen molar-refractivity contribution in [3.8, 4) is 16.9 Å². The van der Waals surface area contributed by atoms with Crippen molar-refractivity contribution in [3.63, 3.8) is 0 Å². The first-order chi connectivity index (χ1) is 14.5. The van der Waals surface area contributed by atoms with Gasteiger partial charge in [0.25, 0.3) is 5.56 Å². The molecule has 8 heteroatoms. The van der Waals surface area contributed by atoms with E-state index in [4.69, 9.17) is 4.74 Å². The van der Waals surface area contributed by atoms with Crippen LogP contribution in [0.1, 0.15) is 23.9 Å². The molecule has 154 valence electrons. The largest absolute Gasteiger partial charge is 0.488 e. The maximum Gasteiger partial charge on any atom is 0.263 e. The van der Waals surface area contributed by atoms with Crippen LogP contribution >= 0.6 is 11.3 Å². The number of aromatic amines is 1. The number of halogens is 1. The molecule has 3 heterocycles. The van der Waals surface area contributed by atoms with Gasteiger partial charge in [0.15, 0.2) is 5.75 Å². The van der Waals surface area contributed by atoms with E-state index in [1.165, 1.54) is 46.6 Å². The van der Waals surface area contributed by atoms with Crippen LogP contribution in [0.4, 0.5) is 4.39 Å². The fraction of sp³-hybridized carbons (Fsp3) is 0.227. The van der Waals surface area contributed by atoms with Gasteiger partial charge < -0.3 is 9.72 Å². The predicted octanol–water partition coefficient (Wildman–Crippen LogP) is 4.10. The number of H-pyrrole nitrogens is 1. The molecule has 1 aromatic carbocycles.